The number of nitrogens with zero attached hydrogens (tertiary/aromatic N) is 2. The number of H-pyrrole nitrogens is 1. The normalized spacial score (nSPS) is 10.9. The summed E-state index contributed by atoms with van der Waals surface area (Å²) in [6, 6.07) is 0. The summed E-state index contributed by atoms with van der Waals surface area (Å²) in [4.78, 5) is 33.7. The molecule has 0 bridgehead atoms. The van der Waals surface area contributed by atoms with Crippen molar-refractivity contribution >= 4 is 27.5 Å². The second-order valence-corrected chi connectivity index (χ2v) is 5.43. The minimum Gasteiger partial charge on any atom is -0.396 e. The molecule has 0 aliphatic carbocycles. The number of hydrogen-bond donors (Lipinski definition) is 2. The topological polar surface area (TPSA) is 86.3 Å². The van der Waals surface area contributed by atoms with E-state index in [9.17, 15) is 9.59 Å². The fourth-order valence-electron chi connectivity index (χ4n) is 2.09. The number of nitrogens with one attached hydrogen (secondary N) is 1. The van der Waals surface area contributed by atoms with E-state index in [-0.39, 0.29) is 18.1 Å². The standard InChI is InChI=1S/C13H17N3O3S/c1-3-16(5-4-6-17)13(19)10-8(2)9-11(18)14-7-15-12(9)20-10/h7,17H,3-6H2,1-2H3,(H,14,15,18). The molecule has 0 fully saturated rings. The summed E-state index contributed by atoms with van der Waals surface area (Å²) in [5, 5.41) is 9.36. The highest BCUT2D eigenvalue weighted by atomic mass is 32.1. The van der Waals surface area contributed by atoms with Gasteiger partial charge < -0.3 is 15.0 Å². The molecule has 0 radical (unpaired) electrons. The summed E-state index contributed by atoms with van der Waals surface area (Å²) >= 11 is 1.24. The van der Waals surface area contributed by atoms with Crippen LogP contribution in [0.4, 0.5) is 0 Å². The fourth-order valence-corrected chi connectivity index (χ4v) is 3.21. The Hall–Kier alpha value is -1.73. The molecule has 7 heteroatoms. The van der Waals surface area contributed by atoms with Crippen molar-refractivity contribution in [1.29, 1.82) is 0 Å². The molecule has 2 heterocycles. The van der Waals surface area contributed by atoms with Crippen LogP contribution in [0.2, 0.25) is 0 Å². The minimum atomic E-state index is -0.221. The van der Waals surface area contributed by atoms with Crippen LogP contribution in [0.5, 0.6) is 0 Å². The van der Waals surface area contributed by atoms with Crippen LogP contribution in [0.3, 0.4) is 0 Å². The molecule has 2 aromatic heterocycles. The molecular formula is C13H17N3O3S. The lowest BCUT2D eigenvalue weighted by atomic mass is 10.2. The SMILES string of the molecule is CCN(CCCO)C(=O)c1sc2nc[nH]c(=O)c2c1C. The molecule has 0 aliphatic heterocycles. The molecule has 6 nitrogen and oxygen atoms in total. The van der Waals surface area contributed by atoms with Gasteiger partial charge in [-0.3, -0.25) is 9.59 Å². The van der Waals surface area contributed by atoms with Gasteiger partial charge in [0.2, 0.25) is 0 Å². The van der Waals surface area contributed by atoms with Gasteiger partial charge in [-0.05, 0) is 25.8 Å². The number of aromatic nitrogens is 2. The van der Waals surface area contributed by atoms with Crippen LogP contribution in [0.15, 0.2) is 11.1 Å². The number of thiophene rings is 1. The van der Waals surface area contributed by atoms with Crippen molar-refractivity contribution < 1.29 is 9.90 Å². The first-order valence-corrected chi connectivity index (χ1v) is 7.28. The van der Waals surface area contributed by atoms with E-state index in [0.717, 1.165) is 0 Å². The largest absolute Gasteiger partial charge is 0.396 e. The van der Waals surface area contributed by atoms with Crippen molar-refractivity contribution in [3.63, 3.8) is 0 Å². The Morgan fingerprint density at radius 1 is 1.55 bits per heavy atom. The zero-order chi connectivity index (χ0) is 14.7. The molecule has 0 spiro atoms. The molecule has 0 unspecified atom stereocenters. The first-order chi connectivity index (χ1) is 9.60. The van der Waals surface area contributed by atoms with Gasteiger partial charge in [0, 0.05) is 19.7 Å². The highest BCUT2D eigenvalue weighted by Gasteiger charge is 2.21. The predicted octanol–water partition coefficient (Wildman–Crippen LogP) is 1.14. The van der Waals surface area contributed by atoms with E-state index in [2.05, 4.69) is 9.97 Å². The van der Waals surface area contributed by atoms with E-state index >= 15 is 0 Å². The molecule has 2 rings (SSSR count). The number of carbonyl (C=O) groups is 1. The van der Waals surface area contributed by atoms with Crippen LogP contribution >= 0.6 is 11.3 Å². The van der Waals surface area contributed by atoms with Crippen molar-refractivity contribution in [3.8, 4) is 0 Å². The number of rotatable bonds is 5. The Morgan fingerprint density at radius 2 is 2.30 bits per heavy atom. The van der Waals surface area contributed by atoms with Crippen molar-refractivity contribution in [3.05, 3.63) is 27.1 Å². The first kappa shape index (κ1) is 14.7. The van der Waals surface area contributed by atoms with Gasteiger partial charge in [-0.25, -0.2) is 4.98 Å². The molecule has 108 valence electrons. The molecule has 20 heavy (non-hydrogen) atoms. The molecule has 0 saturated carbocycles. The summed E-state index contributed by atoms with van der Waals surface area (Å²) in [6.07, 6.45) is 1.89. The van der Waals surface area contributed by atoms with Crippen LogP contribution in [0.25, 0.3) is 10.2 Å². The van der Waals surface area contributed by atoms with Gasteiger partial charge >= 0.3 is 0 Å². The molecule has 0 aromatic carbocycles. The number of aryl methyl sites for hydroxylation is 1. The molecular weight excluding hydrogens is 278 g/mol. The lowest BCUT2D eigenvalue weighted by Gasteiger charge is -2.19. The molecule has 0 saturated heterocycles. The van der Waals surface area contributed by atoms with Crippen LogP contribution in [0.1, 0.15) is 28.6 Å². The lowest BCUT2D eigenvalue weighted by molar-refractivity contribution is 0.0758. The molecule has 0 atom stereocenters. The first-order valence-electron chi connectivity index (χ1n) is 6.47. The van der Waals surface area contributed by atoms with Crippen LogP contribution in [-0.4, -0.2) is 45.6 Å². The average molecular weight is 295 g/mol. The van der Waals surface area contributed by atoms with E-state index < -0.39 is 0 Å². The summed E-state index contributed by atoms with van der Waals surface area (Å²) in [5.41, 5.74) is 0.452. The zero-order valence-corrected chi connectivity index (χ0v) is 12.3. The summed E-state index contributed by atoms with van der Waals surface area (Å²) in [5.74, 6) is -0.110. The van der Waals surface area contributed by atoms with Gasteiger partial charge in [-0.15, -0.1) is 11.3 Å². The predicted molar refractivity (Wildman–Crippen MR) is 78.3 cm³/mol. The smallest absolute Gasteiger partial charge is 0.264 e. The maximum atomic E-state index is 12.5. The highest BCUT2D eigenvalue weighted by molar-refractivity contribution is 7.20. The fraction of sp³-hybridized carbons (Fsp3) is 0.462. The molecule has 0 aliphatic rings. The van der Waals surface area contributed by atoms with Gasteiger partial charge in [-0.2, -0.15) is 0 Å². The van der Waals surface area contributed by atoms with Gasteiger partial charge in [0.15, 0.2) is 0 Å². The Bertz CT molecular complexity index is 677. The molecule has 2 N–H and O–H groups in total. The minimum absolute atomic E-state index is 0.0520. The third kappa shape index (κ3) is 2.59. The van der Waals surface area contributed by atoms with Crippen LogP contribution in [-0.2, 0) is 0 Å². The summed E-state index contributed by atoms with van der Waals surface area (Å²) in [7, 11) is 0. The quantitative estimate of drug-likeness (QED) is 0.866. The van der Waals surface area contributed by atoms with Crippen molar-refractivity contribution in [2.75, 3.05) is 19.7 Å². The Kier molecular flexibility index (Phi) is 4.51. The van der Waals surface area contributed by atoms with E-state index in [4.69, 9.17) is 5.11 Å². The Balaban J connectivity index is 2.42. The van der Waals surface area contributed by atoms with E-state index in [1.165, 1.54) is 17.7 Å². The number of hydrogen-bond acceptors (Lipinski definition) is 5. The van der Waals surface area contributed by atoms with Gasteiger partial charge in [-0.1, -0.05) is 0 Å². The second kappa shape index (κ2) is 6.15. The summed E-state index contributed by atoms with van der Waals surface area (Å²) < 4.78 is 0. The van der Waals surface area contributed by atoms with Gasteiger partial charge in [0.1, 0.15) is 4.83 Å². The Morgan fingerprint density at radius 3 is 2.90 bits per heavy atom. The lowest BCUT2D eigenvalue weighted by Crippen LogP contribution is -2.32. The number of aliphatic hydroxyl groups is 1. The third-order valence-corrected chi connectivity index (χ3v) is 4.37. The number of carbonyl (C=O) groups excluding carboxylic acids is 1. The van der Waals surface area contributed by atoms with Crippen LogP contribution < -0.4 is 5.56 Å². The third-order valence-electron chi connectivity index (χ3n) is 3.18. The van der Waals surface area contributed by atoms with Crippen molar-refractivity contribution in [2.45, 2.75) is 20.3 Å². The maximum absolute atomic E-state index is 12.5. The maximum Gasteiger partial charge on any atom is 0.264 e. The Labute approximate surface area is 120 Å². The van der Waals surface area contributed by atoms with Gasteiger partial charge in [0.05, 0.1) is 16.6 Å². The molecule has 2 aromatic rings. The number of aromatic amines is 1. The van der Waals surface area contributed by atoms with Crippen molar-refractivity contribution in [1.82, 2.24) is 14.9 Å². The number of aliphatic hydroxyl groups excluding tert-OH is 1. The van der Waals surface area contributed by atoms with E-state index in [0.29, 0.717) is 40.2 Å². The highest BCUT2D eigenvalue weighted by Crippen LogP contribution is 2.27. The second-order valence-electron chi connectivity index (χ2n) is 4.43. The number of amides is 1. The van der Waals surface area contributed by atoms with Gasteiger partial charge in [0.25, 0.3) is 11.5 Å². The monoisotopic (exact) mass is 295 g/mol. The number of fused-ring (bicyclic) bond motifs is 1. The van der Waals surface area contributed by atoms with Crippen LogP contribution in [0, 0.1) is 6.92 Å². The van der Waals surface area contributed by atoms with E-state index in [1.54, 1.807) is 11.8 Å². The average Bonchev–Trinajstić information content (AvgIpc) is 2.78. The van der Waals surface area contributed by atoms with E-state index in [1.807, 2.05) is 6.92 Å². The zero-order valence-electron chi connectivity index (χ0n) is 11.5. The molecule has 1 amide bonds. The summed E-state index contributed by atoms with van der Waals surface area (Å²) in [6.45, 7) is 4.78. The van der Waals surface area contributed by atoms with Crippen molar-refractivity contribution in [2.24, 2.45) is 0 Å².